The molecule has 0 aliphatic heterocycles. The first-order valence-electron chi connectivity index (χ1n) is 7.75. The minimum Gasteiger partial charge on any atom is -0.483 e. The molecule has 0 spiro atoms. The zero-order chi connectivity index (χ0) is 15.2. The Balaban J connectivity index is 1.96. The molecule has 0 radical (unpaired) electrons. The SMILES string of the molecule is CC(C)c1ccccc1OCC(=O)N(CCO)C1CCC1. The van der Waals surface area contributed by atoms with Gasteiger partial charge in [-0.1, -0.05) is 32.0 Å². The topological polar surface area (TPSA) is 49.8 Å². The Hall–Kier alpha value is -1.55. The van der Waals surface area contributed by atoms with E-state index in [2.05, 4.69) is 13.8 Å². The quantitative estimate of drug-likeness (QED) is 0.840. The summed E-state index contributed by atoms with van der Waals surface area (Å²) in [5.41, 5.74) is 1.11. The number of para-hydroxylation sites is 1. The van der Waals surface area contributed by atoms with Crippen LogP contribution in [0.2, 0.25) is 0 Å². The summed E-state index contributed by atoms with van der Waals surface area (Å²) < 4.78 is 5.73. The lowest BCUT2D eigenvalue weighted by Crippen LogP contribution is -2.47. The lowest BCUT2D eigenvalue weighted by atomic mass is 9.91. The fourth-order valence-electron chi connectivity index (χ4n) is 2.63. The zero-order valence-electron chi connectivity index (χ0n) is 12.9. The van der Waals surface area contributed by atoms with E-state index in [-0.39, 0.29) is 25.2 Å². The molecular weight excluding hydrogens is 266 g/mol. The van der Waals surface area contributed by atoms with Crippen LogP contribution in [-0.2, 0) is 4.79 Å². The maximum Gasteiger partial charge on any atom is 0.260 e. The number of carbonyl (C=O) groups is 1. The van der Waals surface area contributed by atoms with Gasteiger partial charge in [-0.3, -0.25) is 4.79 Å². The smallest absolute Gasteiger partial charge is 0.260 e. The Bertz CT molecular complexity index is 469. The summed E-state index contributed by atoms with van der Waals surface area (Å²) in [6, 6.07) is 8.12. The van der Waals surface area contributed by atoms with Crippen molar-refractivity contribution in [3.63, 3.8) is 0 Å². The minimum absolute atomic E-state index is 0.00478. The van der Waals surface area contributed by atoms with E-state index in [1.807, 2.05) is 24.3 Å². The molecule has 0 unspecified atom stereocenters. The molecule has 4 heteroatoms. The van der Waals surface area contributed by atoms with Crippen molar-refractivity contribution >= 4 is 5.91 Å². The van der Waals surface area contributed by atoms with E-state index in [0.29, 0.717) is 12.5 Å². The van der Waals surface area contributed by atoms with Crippen LogP contribution in [0.4, 0.5) is 0 Å². The van der Waals surface area contributed by atoms with Crippen LogP contribution >= 0.6 is 0 Å². The highest BCUT2D eigenvalue weighted by Crippen LogP contribution is 2.27. The second-order valence-corrected chi connectivity index (χ2v) is 5.88. The molecule has 21 heavy (non-hydrogen) atoms. The Kier molecular flexibility index (Phi) is 5.62. The number of hydrogen-bond acceptors (Lipinski definition) is 3. The van der Waals surface area contributed by atoms with E-state index in [4.69, 9.17) is 9.84 Å². The highest BCUT2D eigenvalue weighted by atomic mass is 16.5. The van der Waals surface area contributed by atoms with Crippen LogP contribution in [0.25, 0.3) is 0 Å². The number of benzene rings is 1. The molecular formula is C17H25NO3. The fraction of sp³-hybridized carbons (Fsp3) is 0.588. The number of amides is 1. The second kappa shape index (κ2) is 7.46. The molecule has 1 amide bonds. The van der Waals surface area contributed by atoms with Crippen LogP contribution in [0, 0.1) is 0 Å². The summed E-state index contributed by atoms with van der Waals surface area (Å²) in [7, 11) is 0. The van der Waals surface area contributed by atoms with Crippen molar-refractivity contribution in [3.05, 3.63) is 29.8 Å². The highest BCUT2D eigenvalue weighted by Gasteiger charge is 2.28. The molecule has 1 aromatic rings. The summed E-state index contributed by atoms with van der Waals surface area (Å²) >= 11 is 0. The average molecular weight is 291 g/mol. The van der Waals surface area contributed by atoms with Gasteiger partial charge in [0.25, 0.3) is 5.91 Å². The molecule has 1 aliphatic carbocycles. The van der Waals surface area contributed by atoms with Gasteiger partial charge in [-0.25, -0.2) is 0 Å². The summed E-state index contributed by atoms with van der Waals surface area (Å²) in [5.74, 6) is 1.10. The molecule has 0 aromatic heterocycles. The predicted octanol–water partition coefficient (Wildman–Crippen LogP) is 2.56. The molecule has 1 aliphatic rings. The largest absolute Gasteiger partial charge is 0.483 e. The van der Waals surface area contributed by atoms with Crippen LogP contribution < -0.4 is 4.74 Å². The number of ether oxygens (including phenoxy) is 1. The van der Waals surface area contributed by atoms with Crippen LogP contribution in [0.5, 0.6) is 5.75 Å². The number of hydrogen-bond donors (Lipinski definition) is 1. The van der Waals surface area contributed by atoms with Crippen molar-refractivity contribution in [3.8, 4) is 5.75 Å². The number of rotatable bonds is 7. The van der Waals surface area contributed by atoms with Crippen molar-refractivity contribution < 1.29 is 14.6 Å². The third-order valence-corrected chi connectivity index (χ3v) is 4.07. The lowest BCUT2D eigenvalue weighted by molar-refractivity contribution is -0.138. The first-order valence-corrected chi connectivity index (χ1v) is 7.75. The predicted molar refractivity (Wildman–Crippen MR) is 82.5 cm³/mol. The molecule has 2 rings (SSSR count). The highest BCUT2D eigenvalue weighted by molar-refractivity contribution is 5.78. The third-order valence-electron chi connectivity index (χ3n) is 4.07. The van der Waals surface area contributed by atoms with Crippen molar-refractivity contribution in [2.45, 2.75) is 45.1 Å². The molecule has 0 heterocycles. The molecule has 1 N–H and O–H groups in total. The summed E-state index contributed by atoms with van der Waals surface area (Å²) in [6.07, 6.45) is 3.24. The van der Waals surface area contributed by atoms with Crippen LogP contribution in [0.15, 0.2) is 24.3 Å². The molecule has 0 bridgehead atoms. The van der Waals surface area contributed by atoms with Gasteiger partial charge in [-0.2, -0.15) is 0 Å². The van der Waals surface area contributed by atoms with E-state index in [1.165, 1.54) is 0 Å². The number of aliphatic hydroxyl groups is 1. The van der Waals surface area contributed by atoms with E-state index >= 15 is 0 Å². The van der Waals surface area contributed by atoms with Crippen LogP contribution in [-0.4, -0.2) is 41.7 Å². The van der Waals surface area contributed by atoms with Gasteiger partial charge in [0.2, 0.25) is 0 Å². The molecule has 1 saturated carbocycles. The van der Waals surface area contributed by atoms with Crippen molar-refractivity contribution in [1.29, 1.82) is 0 Å². The summed E-state index contributed by atoms with van der Waals surface area (Å²) in [6.45, 7) is 4.66. The number of aliphatic hydroxyl groups excluding tert-OH is 1. The Morgan fingerprint density at radius 3 is 2.67 bits per heavy atom. The first-order chi connectivity index (χ1) is 10.1. The number of carbonyl (C=O) groups excluding carboxylic acids is 1. The number of nitrogens with zero attached hydrogens (tertiary/aromatic N) is 1. The molecule has 0 atom stereocenters. The van der Waals surface area contributed by atoms with Crippen LogP contribution in [0.3, 0.4) is 0 Å². The van der Waals surface area contributed by atoms with Crippen LogP contribution in [0.1, 0.15) is 44.6 Å². The van der Waals surface area contributed by atoms with Crippen molar-refractivity contribution in [2.75, 3.05) is 19.8 Å². The van der Waals surface area contributed by atoms with Gasteiger partial charge in [0.05, 0.1) is 6.61 Å². The fourth-order valence-corrected chi connectivity index (χ4v) is 2.63. The Labute approximate surface area is 126 Å². The van der Waals surface area contributed by atoms with E-state index in [1.54, 1.807) is 4.90 Å². The van der Waals surface area contributed by atoms with Gasteiger partial charge in [0, 0.05) is 12.6 Å². The minimum atomic E-state index is -0.0349. The molecule has 116 valence electrons. The van der Waals surface area contributed by atoms with E-state index in [0.717, 1.165) is 30.6 Å². The van der Waals surface area contributed by atoms with Crippen molar-refractivity contribution in [2.24, 2.45) is 0 Å². The molecule has 1 fully saturated rings. The van der Waals surface area contributed by atoms with Gasteiger partial charge in [-0.05, 0) is 36.8 Å². The molecule has 0 saturated heterocycles. The van der Waals surface area contributed by atoms with E-state index in [9.17, 15) is 4.79 Å². The maximum absolute atomic E-state index is 12.3. The first kappa shape index (κ1) is 15.8. The Morgan fingerprint density at radius 1 is 1.38 bits per heavy atom. The van der Waals surface area contributed by atoms with Gasteiger partial charge < -0.3 is 14.7 Å². The standard InChI is InChI=1S/C17H25NO3/c1-13(2)15-8-3-4-9-16(15)21-12-17(20)18(10-11-19)14-6-5-7-14/h3-4,8-9,13-14,19H,5-7,10-12H2,1-2H3. The van der Waals surface area contributed by atoms with E-state index < -0.39 is 0 Å². The van der Waals surface area contributed by atoms with Gasteiger partial charge in [-0.15, -0.1) is 0 Å². The zero-order valence-corrected chi connectivity index (χ0v) is 12.9. The van der Waals surface area contributed by atoms with Gasteiger partial charge in [0.15, 0.2) is 6.61 Å². The van der Waals surface area contributed by atoms with Gasteiger partial charge in [0.1, 0.15) is 5.75 Å². The summed E-state index contributed by atoms with van der Waals surface area (Å²) in [5, 5.41) is 9.12. The lowest BCUT2D eigenvalue weighted by Gasteiger charge is -2.37. The molecule has 1 aromatic carbocycles. The normalized spacial score (nSPS) is 14.9. The third kappa shape index (κ3) is 3.97. The average Bonchev–Trinajstić information content (AvgIpc) is 2.42. The monoisotopic (exact) mass is 291 g/mol. The van der Waals surface area contributed by atoms with Crippen molar-refractivity contribution in [1.82, 2.24) is 4.90 Å². The molecule has 4 nitrogen and oxygen atoms in total. The maximum atomic E-state index is 12.3. The summed E-state index contributed by atoms with van der Waals surface area (Å²) in [4.78, 5) is 14.1. The second-order valence-electron chi connectivity index (χ2n) is 5.88. The Morgan fingerprint density at radius 2 is 2.10 bits per heavy atom. The van der Waals surface area contributed by atoms with Gasteiger partial charge >= 0.3 is 0 Å².